The Kier molecular flexibility index (Phi) is 6.11. The maximum absolute atomic E-state index is 13.0. The Morgan fingerprint density at radius 1 is 1.22 bits per heavy atom. The lowest BCUT2D eigenvalue weighted by Crippen LogP contribution is -2.67. The molecule has 1 saturated heterocycles. The Labute approximate surface area is 164 Å². The van der Waals surface area contributed by atoms with Gasteiger partial charge in [-0.3, -0.25) is 10.1 Å². The number of benzene rings is 1. The number of esters is 1. The molecule has 6 nitrogen and oxygen atoms in total. The minimum absolute atomic E-state index is 0.0617. The van der Waals surface area contributed by atoms with Crippen molar-refractivity contribution in [3.8, 4) is 0 Å². The van der Waals surface area contributed by atoms with Crippen molar-refractivity contribution in [1.29, 1.82) is 0 Å². The minimum atomic E-state index is -0.445. The number of allylic oxidation sites excluding steroid dienone is 1. The summed E-state index contributed by atoms with van der Waals surface area (Å²) >= 11 is 1.63. The van der Waals surface area contributed by atoms with E-state index < -0.39 is 5.92 Å². The van der Waals surface area contributed by atoms with Gasteiger partial charge in [-0.05, 0) is 32.1 Å². The van der Waals surface area contributed by atoms with Gasteiger partial charge in [-0.1, -0.05) is 37.3 Å². The topological polar surface area (TPSA) is 79.5 Å². The smallest absolute Gasteiger partial charge is 0.336 e. The number of ether oxygens (including phenoxy) is 1. The van der Waals surface area contributed by atoms with Crippen molar-refractivity contribution in [2.45, 2.75) is 51.4 Å². The van der Waals surface area contributed by atoms with Crippen LogP contribution in [0.4, 0.5) is 0 Å². The normalized spacial score (nSPS) is 27.7. The van der Waals surface area contributed by atoms with Crippen molar-refractivity contribution in [3.05, 3.63) is 47.2 Å². The summed E-state index contributed by atoms with van der Waals surface area (Å²) in [5, 5.41) is 9.81. The molecule has 0 bridgehead atoms. The van der Waals surface area contributed by atoms with E-state index in [4.69, 9.17) is 4.74 Å². The molecule has 146 valence electrons. The third-order valence-corrected chi connectivity index (χ3v) is 5.69. The molecule has 2 aliphatic rings. The van der Waals surface area contributed by atoms with Crippen molar-refractivity contribution < 1.29 is 14.3 Å². The number of thioether (sulfide) groups is 1. The van der Waals surface area contributed by atoms with Gasteiger partial charge in [0.15, 0.2) is 0 Å². The molecule has 4 unspecified atom stereocenters. The van der Waals surface area contributed by atoms with Gasteiger partial charge >= 0.3 is 5.97 Å². The highest BCUT2D eigenvalue weighted by Crippen LogP contribution is 2.40. The van der Waals surface area contributed by atoms with Crippen LogP contribution in [0.15, 0.2) is 41.6 Å². The lowest BCUT2D eigenvalue weighted by Gasteiger charge is -2.45. The maximum atomic E-state index is 13.0. The van der Waals surface area contributed by atoms with Crippen LogP contribution in [0, 0.1) is 5.92 Å². The summed E-state index contributed by atoms with van der Waals surface area (Å²) in [6.07, 6.45) is -0.473. The molecule has 3 N–H and O–H groups in total. The first kappa shape index (κ1) is 19.8. The first-order valence-corrected chi connectivity index (χ1v) is 10.4. The predicted octanol–water partition coefficient (Wildman–Crippen LogP) is 2.30. The summed E-state index contributed by atoms with van der Waals surface area (Å²) < 4.78 is 5.49. The highest BCUT2D eigenvalue weighted by atomic mass is 32.2. The zero-order valence-corrected chi connectivity index (χ0v) is 16.9. The van der Waals surface area contributed by atoms with E-state index in [9.17, 15) is 9.59 Å². The minimum Gasteiger partial charge on any atom is -0.460 e. The van der Waals surface area contributed by atoms with Crippen LogP contribution in [0.2, 0.25) is 0 Å². The number of fused-ring (bicyclic) bond motifs is 1. The van der Waals surface area contributed by atoms with Crippen LogP contribution >= 0.6 is 11.8 Å². The quantitative estimate of drug-likeness (QED) is 0.671. The van der Waals surface area contributed by atoms with Gasteiger partial charge in [-0.2, -0.15) is 0 Å². The van der Waals surface area contributed by atoms with Crippen LogP contribution in [0.3, 0.4) is 0 Å². The van der Waals surface area contributed by atoms with E-state index in [1.165, 1.54) is 0 Å². The number of hydrogen-bond acceptors (Lipinski definition) is 6. The highest BCUT2D eigenvalue weighted by Gasteiger charge is 2.48. The number of carbonyl (C=O) groups is 2. The molecule has 2 heterocycles. The van der Waals surface area contributed by atoms with Crippen LogP contribution in [0.1, 0.15) is 39.2 Å². The van der Waals surface area contributed by atoms with Crippen LogP contribution in [-0.2, 0) is 14.3 Å². The molecular weight excluding hydrogens is 362 g/mol. The molecule has 0 saturated carbocycles. The molecule has 27 heavy (non-hydrogen) atoms. The van der Waals surface area contributed by atoms with E-state index in [0.717, 1.165) is 17.0 Å². The summed E-state index contributed by atoms with van der Waals surface area (Å²) in [5.41, 5.74) is 2.06. The van der Waals surface area contributed by atoms with Gasteiger partial charge in [0.25, 0.3) is 0 Å². The summed E-state index contributed by atoms with van der Waals surface area (Å²) in [5.74, 6) is -0.366. The molecule has 0 aromatic heterocycles. The number of nitrogens with one attached hydrogen (secondary N) is 3. The molecule has 1 aromatic rings. The molecule has 1 amide bonds. The second-order valence-electron chi connectivity index (χ2n) is 7.04. The van der Waals surface area contributed by atoms with Crippen LogP contribution in [0.25, 0.3) is 0 Å². The second kappa shape index (κ2) is 8.35. The molecule has 0 aliphatic carbocycles. The fourth-order valence-electron chi connectivity index (χ4n) is 3.73. The first-order valence-electron chi connectivity index (χ1n) is 9.33. The summed E-state index contributed by atoms with van der Waals surface area (Å²) in [4.78, 5) is 25.9. The molecular formula is C20H27N3O3S. The number of carbonyl (C=O) groups excluding carboxylic acids is 2. The summed E-state index contributed by atoms with van der Waals surface area (Å²) in [6, 6.07) is 9.71. The summed E-state index contributed by atoms with van der Waals surface area (Å²) in [6.45, 7) is 7.58. The number of hydrogen-bond donors (Lipinski definition) is 3. The van der Waals surface area contributed by atoms with Gasteiger partial charge in [0.05, 0.1) is 23.8 Å². The molecule has 2 aliphatic heterocycles. The van der Waals surface area contributed by atoms with E-state index in [1.54, 1.807) is 11.8 Å². The summed E-state index contributed by atoms with van der Waals surface area (Å²) in [7, 11) is 0. The Morgan fingerprint density at radius 3 is 2.56 bits per heavy atom. The van der Waals surface area contributed by atoms with Gasteiger partial charge in [0.1, 0.15) is 5.50 Å². The van der Waals surface area contributed by atoms with Gasteiger partial charge < -0.3 is 15.4 Å². The van der Waals surface area contributed by atoms with E-state index in [2.05, 4.69) is 22.9 Å². The lowest BCUT2D eigenvalue weighted by atomic mass is 9.74. The van der Waals surface area contributed by atoms with Gasteiger partial charge in [0, 0.05) is 11.6 Å². The van der Waals surface area contributed by atoms with Crippen molar-refractivity contribution >= 4 is 23.6 Å². The van der Waals surface area contributed by atoms with Gasteiger partial charge in [-0.15, -0.1) is 11.8 Å². The first-order chi connectivity index (χ1) is 12.9. The molecule has 3 rings (SSSR count). The van der Waals surface area contributed by atoms with Gasteiger partial charge in [0.2, 0.25) is 5.91 Å². The second-order valence-corrected chi connectivity index (χ2v) is 8.42. The van der Waals surface area contributed by atoms with E-state index in [-0.39, 0.29) is 35.6 Å². The van der Waals surface area contributed by atoms with Crippen LogP contribution in [0.5, 0.6) is 0 Å². The zero-order chi connectivity index (χ0) is 19.6. The van der Waals surface area contributed by atoms with Gasteiger partial charge in [-0.25, -0.2) is 4.79 Å². The van der Waals surface area contributed by atoms with Crippen LogP contribution < -0.4 is 16.0 Å². The Hall–Kier alpha value is -1.99. The van der Waals surface area contributed by atoms with Crippen molar-refractivity contribution in [3.63, 3.8) is 0 Å². The molecule has 4 atom stereocenters. The zero-order valence-electron chi connectivity index (χ0n) is 16.1. The molecule has 1 fully saturated rings. The average molecular weight is 390 g/mol. The number of amides is 1. The largest absolute Gasteiger partial charge is 0.460 e. The molecule has 0 radical (unpaired) electrons. The van der Waals surface area contributed by atoms with Crippen molar-refractivity contribution in [2.24, 2.45) is 5.92 Å². The molecule has 0 spiro atoms. The highest BCUT2D eigenvalue weighted by molar-refractivity contribution is 7.99. The van der Waals surface area contributed by atoms with Crippen LogP contribution in [-0.4, -0.2) is 35.4 Å². The number of rotatable bonds is 5. The van der Waals surface area contributed by atoms with Crippen molar-refractivity contribution in [2.75, 3.05) is 5.75 Å². The van der Waals surface area contributed by atoms with Crippen molar-refractivity contribution in [1.82, 2.24) is 16.0 Å². The Morgan fingerprint density at radius 2 is 1.93 bits per heavy atom. The predicted molar refractivity (Wildman–Crippen MR) is 107 cm³/mol. The lowest BCUT2D eigenvalue weighted by molar-refractivity contribution is -0.143. The third kappa shape index (κ3) is 4.14. The molecule has 1 aromatic carbocycles. The fourth-order valence-corrected chi connectivity index (χ4v) is 4.51. The fraction of sp³-hybridized carbons (Fsp3) is 0.500. The van der Waals surface area contributed by atoms with E-state index >= 15 is 0 Å². The van der Waals surface area contributed by atoms with E-state index in [1.807, 2.05) is 51.1 Å². The monoisotopic (exact) mass is 389 g/mol. The average Bonchev–Trinajstić information content (AvgIpc) is 2.60. The SMILES string of the molecule is CCSC1NC(=O)C2C(NC(C)=C(C(=O)OC(C)C)C2c2ccccc2)N1. The van der Waals surface area contributed by atoms with E-state index in [0.29, 0.717) is 5.57 Å². The standard InChI is InChI=1S/C20H27N3O3S/c1-5-27-20-22-17-16(18(24)23-20)15(13-9-7-6-8-10-13)14(12(4)21-17)19(25)26-11(2)3/h6-11,15-17,20-22H,5H2,1-4H3,(H,23,24). The maximum Gasteiger partial charge on any atom is 0.336 e. The Bertz CT molecular complexity index is 735. The Balaban J connectivity index is 2.03. The molecule has 7 heteroatoms. The third-order valence-electron chi connectivity index (χ3n) is 4.77.